The van der Waals surface area contributed by atoms with Gasteiger partial charge in [-0.3, -0.25) is 0 Å². The van der Waals surface area contributed by atoms with Crippen LogP contribution in [-0.4, -0.2) is 16.2 Å². The van der Waals surface area contributed by atoms with E-state index in [1.165, 1.54) is 0 Å². The average molecular weight is 323 g/mol. The van der Waals surface area contributed by atoms with E-state index < -0.39 is 37.8 Å². The molecule has 0 bridgehead atoms. The Kier molecular flexibility index (Phi) is 99.7. The molecule has 0 rings (SSSR count). The van der Waals surface area contributed by atoms with Crippen LogP contribution in [0.1, 0.15) is 0 Å². The Labute approximate surface area is 85.3 Å². The zero-order valence-corrected chi connectivity index (χ0v) is 10.4. The molecule has 0 aliphatic carbocycles. The molecule has 0 aromatic carbocycles. The van der Waals surface area contributed by atoms with Crippen molar-refractivity contribution in [1.29, 1.82) is 0 Å². The van der Waals surface area contributed by atoms with E-state index in [4.69, 9.17) is 8.49 Å². The molecule has 7 heavy (non-hydrogen) atoms. The van der Waals surface area contributed by atoms with Crippen LogP contribution in [0.3, 0.4) is 0 Å². The van der Waals surface area contributed by atoms with Crippen LogP contribution in [0.4, 0.5) is 0 Å². The van der Waals surface area contributed by atoms with E-state index in [9.17, 15) is 0 Å². The first-order valence-electron chi connectivity index (χ1n) is 0.901. The second-order valence-electron chi connectivity index (χ2n) is 0.0833. The van der Waals surface area contributed by atoms with Crippen LogP contribution in [0.2, 0.25) is 0 Å². The maximum atomic E-state index is 8.57. The van der Waals surface area contributed by atoms with Crippen LogP contribution in [-0.2, 0) is 33.2 Å². The summed E-state index contributed by atoms with van der Waals surface area (Å²) in [5, 5.41) is 0. The fourth-order valence-electron chi connectivity index (χ4n) is 0. The third-order valence-electron chi connectivity index (χ3n) is 0. The van der Waals surface area contributed by atoms with E-state index in [-0.39, 0.29) is 0 Å². The van der Waals surface area contributed by atoms with Gasteiger partial charge in [-0.2, -0.15) is 0 Å². The predicted molar refractivity (Wildman–Crippen MR) is 9.89 cm³/mol. The fourth-order valence-corrected chi connectivity index (χ4v) is 0. The van der Waals surface area contributed by atoms with Crippen LogP contribution in [0.15, 0.2) is 0 Å². The van der Waals surface area contributed by atoms with Crippen LogP contribution >= 0.6 is 0 Å². The summed E-state index contributed by atoms with van der Waals surface area (Å²) in [5.41, 5.74) is 0. The molecule has 0 aliphatic rings. The van der Waals surface area contributed by atoms with Gasteiger partial charge in [-0.25, -0.2) is 0 Å². The van der Waals surface area contributed by atoms with Gasteiger partial charge in [-0.1, -0.05) is 0 Å². The summed E-state index contributed by atoms with van der Waals surface area (Å²) in [6.07, 6.45) is 0. The first kappa shape index (κ1) is 16.0. The SMILES string of the molecule is [O]=[AlH].[O]=[Ce]=[O].[O]=[Zr]. The van der Waals surface area contributed by atoms with Gasteiger partial charge in [0.05, 0.1) is 0 Å². The van der Waals surface area contributed by atoms with Gasteiger partial charge in [0, 0.05) is 0 Å². The van der Waals surface area contributed by atoms with Gasteiger partial charge in [0.1, 0.15) is 0 Å². The Morgan fingerprint density at radius 2 is 1.14 bits per heavy atom. The van der Waals surface area contributed by atoms with Crippen LogP contribution in [0.25, 0.3) is 0 Å². The van der Waals surface area contributed by atoms with Gasteiger partial charge in [-0.05, 0) is 0 Å². The Balaban J connectivity index is -0.0000000360. The van der Waals surface area contributed by atoms with E-state index in [0.717, 1.165) is 0 Å². The Morgan fingerprint density at radius 3 is 1.14 bits per heavy atom. The molecule has 4 nitrogen and oxygen atoms in total. The summed E-state index contributed by atoms with van der Waals surface area (Å²) in [7, 11) is 0. The Hall–Kier alpha value is 1.99. The zero-order valence-electron chi connectivity index (χ0n) is 3.34. The molecule has 7 heteroatoms. The van der Waals surface area contributed by atoms with E-state index in [1.54, 1.807) is 0 Å². The van der Waals surface area contributed by atoms with Crippen molar-refractivity contribution < 1.29 is 71.0 Å². The number of rotatable bonds is 0. The van der Waals surface area contributed by atoms with Crippen LogP contribution < -0.4 is 0 Å². The minimum atomic E-state index is -2.42. The molecule has 0 unspecified atom stereocenters. The van der Waals surface area contributed by atoms with E-state index in [2.05, 4.69) is 0 Å². The molecular formula is HAlCeO4Zr. The molecule has 0 amide bonds. The van der Waals surface area contributed by atoms with Crippen molar-refractivity contribution in [3.05, 3.63) is 0 Å². The normalized spacial score (nSPS) is 2.00. The summed E-state index contributed by atoms with van der Waals surface area (Å²) in [5.74, 6) is 0. The quantitative estimate of drug-likeness (QED) is 0.529. The third kappa shape index (κ3) is 72.3. The molecule has 0 heterocycles. The van der Waals surface area contributed by atoms with Crippen molar-refractivity contribution >= 4 is 16.2 Å². The van der Waals surface area contributed by atoms with Crippen molar-refractivity contribution in [2.24, 2.45) is 0 Å². The molecule has 0 radical (unpaired) electrons. The molecular weight excluding hydrogens is 322 g/mol. The monoisotopic (exact) mass is 322 g/mol. The van der Waals surface area contributed by atoms with Gasteiger partial charge in [0.15, 0.2) is 0 Å². The Bertz CT molecular complexity index is 47.7. The van der Waals surface area contributed by atoms with E-state index >= 15 is 0 Å². The van der Waals surface area contributed by atoms with Crippen molar-refractivity contribution in [2.45, 2.75) is 0 Å². The standard InChI is InChI=1S/Al.Ce.4O.Zr.H. The van der Waals surface area contributed by atoms with Gasteiger partial charge in [0.25, 0.3) is 0 Å². The van der Waals surface area contributed by atoms with Crippen molar-refractivity contribution in [3.8, 4) is 0 Å². The molecule has 0 saturated carbocycles. The topological polar surface area (TPSA) is 68.3 Å². The van der Waals surface area contributed by atoms with Gasteiger partial charge < -0.3 is 0 Å². The zero-order chi connectivity index (χ0) is 6.71. The van der Waals surface area contributed by atoms with Gasteiger partial charge >= 0.3 is 87.2 Å². The summed E-state index contributed by atoms with van der Waals surface area (Å²) >= 11 is -1.51. The van der Waals surface area contributed by atoms with Crippen molar-refractivity contribution in [1.82, 2.24) is 0 Å². The van der Waals surface area contributed by atoms with Crippen LogP contribution in [0.5, 0.6) is 0 Å². The van der Waals surface area contributed by atoms with Gasteiger partial charge in [0.2, 0.25) is 0 Å². The predicted octanol–water partition coefficient (Wildman–Crippen LogP) is -1.13. The molecule has 36 valence electrons. The molecule has 0 aliphatic heterocycles. The average Bonchev–Trinajstić information content (AvgIpc) is 1.78. The van der Waals surface area contributed by atoms with E-state index in [0.29, 0.717) is 40.9 Å². The maximum absolute atomic E-state index is 8.57. The van der Waals surface area contributed by atoms with Gasteiger partial charge in [-0.15, -0.1) is 0 Å². The number of hydrogen-bond acceptors (Lipinski definition) is 4. The second-order valence-corrected chi connectivity index (χ2v) is 0.607. The molecule has 0 aromatic rings. The van der Waals surface area contributed by atoms with Crippen LogP contribution in [0, 0.1) is 37.8 Å². The molecule has 0 N–H and O–H groups in total. The summed E-state index contributed by atoms with van der Waals surface area (Å²) in [6, 6.07) is 0. The molecule has 0 atom stereocenters. The molecule has 0 saturated heterocycles. The first-order valence-corrected chi connectivity index (χ1v) is 5.05. The number of hydrogen-bond donors (Lipinski definition) is 0. The summed E-state index contributed by atoms with van der Waals surface area (Å²) in [6.45, 7) is 0. The minimum absolute atomic E-state index is 0.300. The molecule has 0 fully saturated rings. The summed E-state index contributed by atoms with van der Waals surface area (Å²) < 4.78 is 33.8. The third-order valence-corrected chi connectivity index (χ3v) is 0. The first-order chi connectivity index (χ1) is 3.41. The summed E-state index contributed by atoms with van der Waals surface area (Å²) in [4.78, 5) is 0. The fraction of sp³-hybridized carbons (Fsp3) is 0. The van der Waals surface area contributed by atoms with E-state index in [1.807, 2.05) is 0 Å². The molecule has 0 aromatic heterocycles. The van der Waals surface area contributed by atoms with Crippen molar-refractivity contribution in [2.75, 3.05) is 0 Å². The Morgan fingerprint density at radius 1 is 1.14 bits per heavy atom. The van der Waals surface area contributed by atoms with Crippen molar-refractivity contribution in [3.63, 3.8) is 0 Å². The molecule has 0 spiro atoms. The second kappa shape index (κ2) is 43.6.